The van der Waals surface area contributed by atoms with Crippen LogP contribution in [0.5, 0.6) is 0 Å². The van der Waals surface area contributed by atoms with E-state index in [0.29, 0.717) is 0 Å². The van der Waals surface area contributed by atoms with E-state index in [-0.39, 0.29) is 12.0 Å². The summed E-state index contributed by atoms with van der Waals surface area (Å²) in [7, 11) is 2.54. The molecule has 0 aliphatic rings. The van der Waals surface area contributed by atoms with Gasteiger partial charge in [-0.2, -0.15) is 0 Å². The van der Waals surface area contributed by atoms with E-state index in [1.165, 1.54) is 28.0 Å². The zero-order valence-electron chi connectivity index (χ0n) is 22.2. The molecule has 0 aliphatic carbocycles. The fourth-order valence-electron chi connectivity index (χ4n) is 3.57. The molecule has 2 rings (SSSR count). The SMILES string of the molecule is CON(C)C(=O)[C@H](CCC(=O)O)NC(=O)[C@H](C)NC(=O)[C@@H](NC(=O)c1ccc(-c2ccccc2)cc1)[C@@H](C)O. The number of hydrogen-bond donors (Lipinski definition) is 5. The predicted octanol–water partition coefficient (Wildman–Crippen LogP) is 0.707. The lowest BCUT2D eigenvalue weighted by molar-refractivity contribution is -0.172. The number of likely N-dealkylation sites (N-methyl/N-ethyl adjacent to an activating group) is 1. The summed E-state index contributed by atoms with van der Waals surface area (Å²) in [5.41, 5.74) is 2.13. The van der Waals surface area contributed by atoms with Crippen LogP contribution < -0.4 is 16.0 Å². The number of rotatable bonds is 13. The number of amides is 4. The molecule has 12 nitrogen and oxygen atoms in total. The average Bonchev–Trinajstić information content (AvgIpc) is 2.92. The van der Waals surface area contributed by atoms with Crippen LogP contribution in [0.25, 0.3) is 11.1 Å². The molecule has 0 saturated carbocycles. The number of aliphatic hydroxyl groups is 1. The van der Waals surface area contributed by atoms with Crippen molar-refractivity contribution < 1.29 is 39.0 Å². The molecule has 0 aromatic heterocycles. The van der Waals surface area contributed by atoms with Crippen LogP contribution in [-0.2, 0) is 24.0 Å². The summed E-state index contributed by atoms with van der Waals surface area (Å²) in [5, 5.41) is 27.2. The molecular weight excluding hydrogens is 508 g/mol. The molecule has 0 saturated heterocycles. The third-order valence-corrected chi connectivity index (χ3v) is 5.90. The van der Waals surface area contributed by atoms with Crippen LogP contribution in [0.4, 0.5) is 0 Å². The van der Waals surface area contributed by atoms with Crippen molar-refractivity contribution >= 4 is 29.6 Å². The number of carbonyl (C=O) groups excluding carboxylic acids is 4. The van der Waals surface area contributed by atoms with Crippen LogP contribution in [-0.4, -0.2) is 83.3 Å². The first-order chi connectivity index (χ1) is 18.4. The van der Waals surface area contributed by atoms with E-state index in [0.717, 1.165) is 16.2 Å². The van der Waals surface area contributed by atoms with E-state index < -0.39 is 60.2 Å². The number of carboxylic acids is 1. The topological polar surface area (TPSA) is 174 Å². The molecule has 0 fully saturated rings. The third-order valence-electron chi connectivity index (χ3n) is 5.90. The summed E-state index contributed by atoms with van der Waals surface area (Å²) in [6.45, 7) is 2.66. The summed E-state index contributed by atoms with van der Waals surface area (Å²) in [6.07, 6.45) is -1.89. The number of aliphatic carboxylic acids is 1. The smallest absolute Gasteiger partial charge is 0.303 e. The Bertz CT molecular complexity index is 1150. The summed E-state index contributed by atoms with van der Waals surface area (Å²) < 4.78 is 0. The van der Waals surface area contributed by atoms with Gasteiger partial charge in [-0.15, -0.1) is 0 Å². The van der Waals surface area contributed by atoms with E-state index in [4.69, 9.17) is 9.94 Å². The predicted molar refractivity (Wildman–Crippen MR) is 141 cm³/mol. The lowest BCUT2D eigenvalue weighted by Gasteiger charge is -2.26. The molecule has 12 heteroatoms. The molecule has 2 aromatic rings. The highest BCUT2D eigenvalue weighted by Crippen LogP contribution is 2.19. The van der Waals surface area contributed by atoms with Crippen LogP contribution in [0.2, 0.25) is 0 Å². The molecule has 0 aliphatic heterocycles. The minimum absolute atomic E-state index is 0.205. The monoisotopic (exact) mass is 542 g/mol. The normalized spacial score (nSPS) is 13.8. The van der Waals surface area contributed by atoms with Crippen molar-refractivity contribution in [3.63, 3.8) is 0 Å². The van der Waals surface area contributed by atoms with E-state index in [1.54, 1.807) is 24.3 Å². The van der Waals surface area contributed by atoms with Gasteiger partial charge in [0.2, 0.25) is 11.8 Å². The number of nitrogens with zero attached hydrogens (tertiary/aromatic N) is 1. The van der Waals surface area contributed by atoms with Gasteiger partial charge in [-0.1, -0.05) is 42.5 Å². The Kier molecular flexibility index (Phi) is 11.6. The maximum absolute atomic E-state index is 12.9. The number of carbonyl (C=O) groups is 5. The number of hydrogen-bond acceptors (Lipinski definition) is 7. The Labute approximate surface area is 226 Å². The quantitative estimate of drug-likeness (QED) is 0.230. The van der Waals surface area contributed by atoms with Crippen LogP contribution in [0, 0.1) is 0 Å². The minimum Gasteiger partial charge on any atom is -0.481 e. The Morgan fingerprint density at radius 1 is 0.872 bits per heavy atom. The highest BCUT2D eigenvalue weighted by atomic mass is 16.7. The molecule has 39 heavy (non-hydrogen) atoms. The molecule has 0 bridgehead atoms. The second-order valence-electron chi connectivity index (χ2n) is 8.88. The van der Waals surface area contributed by atoms with Gasteiger partial charge in [0.1, 0.15) is 18.1 Å². The Morgan fingerprint density at radius 2 is 1.46 bits per heavy atom. The van der Waals surface area contributed by atoms with Gasteiger partial charge in [-0.3, -0.25) is 28.8 Å². The number of benzene rings is 2. The second kappa shape index (κ2) is 14.6. The molecule has 0 heterocycles. The van der Waals surface area contributed by atoms with Gasteiger partial charge in [0.05, 0.1) is 13.2 Å². The largest absolute Gasteiger partial charge is 0.481 e. The average molecular weight is 543 g/mol. The van der Waals surface area contributed by atoms with Crippen molar-refractivity contribution in [3.05, 3.63) is 60.2 Å². The van der Waals surface area contributed by atoms with E-state index in [1.807, 2.05) is 30.3 Å². The van der Waals surface area contributed by atoms with Gasteiger partial charge in [0.25, 0.3) is 11.8 Å². The van der Waals surface area contributed by atoms with Crippen LogP contribution >= 0.6 is 0 Å². The van der Waals surface area contributed by atoms with E-state index in [9.17, 15) is 29.1 Å². The fraction of sp³-hybridized carbons (Fsp3) is 0.370. The maximum Gasteiger partial charge on any atom is 0.303 e. The van der Waals surface area contributed by atoms with Crippen molar-refractivity contribution in [3.8, 4) is 11.1 Å². The van der Waals surface area contributed by atoms with Crippen LogP contribution in [0.15, 0.2) is 54.6 Å². The zero-order valence-corrected chi connectivity index (χ0v) is 22.2. The van der Waals surface area contributed by atoms with Crippen molar-refractivity contribution in [2.75, 3.05) is 14.2 Å². The number of nitrogens with one attached hydrogen (secondary N) is 3. The van der Waals surface area contributed by atoms with E-state index in [2.05, 4.69) is 16.0 Å². The minimum atomic E-state index is -1.38. The first kappa shape index (κ1) is 30.9. The third kappa shape index (κ3) is 9.20. The van der Waals surface area contributed by atoms with Gasteiger partial charge >= 0.3 is 5.97 Å². The molecule has 0 radical (unpaired) electrons. The molecule has 0 unspecified atom stereocenters. The number of carboxylic acid groups (broad SMARTS) is 1. The van der Waals surface area contributed by atoms with Gasteiger partial charge in [0, 0.05) is 19.0 Å². The zero-order chi connectivity index (χ0) is 29.1. The lowest BCUT2D eigenvalue weighted by Crippen LogP contribution is -2.58. The first-order valence-electron chi connectivity index (χ1n) is 12.2. The van der Waals surface area contributed by atoms with Gasteiger partial charge < -0.3 is 26.2 Å². The molecule has 4 atom stereocenters. The maximum atomic E-state index is 12.9. The number of hydroxylamine groups is 2. The number of aliphatic hydroxyl groups excluding tert-OH is 1. The first-order valence-corrected chi connectivity index (χ1v) is 12.2. The van der Waals surface area contributed by atoms with Gasteiger partial charge in [-0.25, -0.2) is 5.06 Å². The molecule has 4 amide bonds. The van der Waals surface area contributed by atoms with Crippen molar-refractivity contribution in [2.45, 2.75) is 50.9 Å². The fourth-order valence-corrected chi connectivity index (χ4v) is 3.57. The molecule has 0 spiro atoms. The molecule has 2 aromatic carbocycles. The Hall–Kier alpha value is -4.29. The summed E-state index contributed by atoms with van der Waals surface area (Å²) in [4.78, 5) is 66.6. The molecular formula is C27H34N4O8. The second-order valence-corrected chi connectivity index (χ2v) is 8.88. The Balaban J connectivity index is 2.04. The van der Waals surface area contributed by atoms with Crippen molar-refractivity contribution in [2.24, 2.45) is 0 Å². The Morgan fingerprint density at radius 3 is 2.00 bits per heavy atom. The summed E-state index contributed by atoms with van der Waals surface area (Å²) >= 11 is 0. The van der Waals surface area contributed by atoms with Crippen LogP contribution in [0.3, 0.4) is 0 Å². The van der Waals surface area contributed by atoms with Crippen molar-refractivity contribution in [1.29, 1.82) is 0 Å². The molecule has 210 valence electrons. The van der Waals surface area contributed by atoms with Crippen LogP contribution in [0.1, 0.15) is 37.0 Å². The van der Waals surface area contributed by atoms with Gasteiger partial charge in [0.15, 0.2) is 0 Å². The lowest BCUT2D eigenvalue weighted by atomic mass is 10.0. The van der Waals surface area contributed by atoms with Gasteiger partial charge in [-0.05, 0) is 43.5 Å². The standard InChI is InChI=1S/C27H34N4O8/c1-16(24(35)29-21(14-15-22(33)34)27(38)31(3)39-4)28-26(37)23(17(2)32)30-25(36)20-12-10-19(11-13-20)18-8-6-5-7-9-18/h5-13,16-17,21,23,32H,14-15H2,1-4H3,(H,28,37)(H,29,35)(H,30,36)(H,33,34)/t16-,17+,21-,23-/m0/s1. The summed E-state index contributed by atoms with van der Waals surface area (Å²) in [5.74, 6) is -4.05. The highest BCUT2D eigenvalue weighted by Gasteiger charge is 2.31. The molecule has 5 N–H and O–H groups in total. The summed E-state index contributed by atoms with van der Waals surface area (Å²) in [6, 6.07) is 12.5. The van der Waals surface area contributed by atoms with Crippen molar-refractivity contribution in [1.82, 2.24) is 21.0 Å². The van der Waals surface area contributed by atoms with E-state index >= 15 is 0 Å². The highest BCUT2D eigenvalue weighted by molar-refractivity contribution is 5.99.